The van der Waals surface area contributed by atoms with Crippen LogP contribution in [0.4, 0.5) is 0 Å². The van der Waals surface area contributed by atoms with Crippen molar-refractivity contribution in [2.24, 2.45) is 0 Å². The smallest absolute Gasteiger partial charge is 0.251 e. The molecule has 0 spiro atoms. The summed E-state index contributed by atoms with van der Waals surface area (Å²) in [6, 6.07) is 15.9. The van der Waals surface area contributed by atoms with Crippen molar-refractivity contribution in [1.82, 2.24) is 19.8 Å². The Hall–Kier alpha value is -2.97. The highest BCUT2D eigenvalue weighted by Crippen LogP contribution is 2.15. The maximum atomic E-state index is 12.4. The molecule has 0 fully saturated rings. The van der Waals surface area contributed by atoms with Gasteiger partial charge in [0.1, 0.15) is 0 Å². The van der Waals surface area contributed by atoms with Gasteiger partial charge in [-0.1, -0.05) is 18.2 Å². The van der Waals surface area contributed by atoms with Gasteiger partial charge in [-0.25, -0.2) is 17.8 Å². The summed E-state index contributed by atoms with van der Waals surface area (Å²) in [4.78, 5) is 12.5. The molecule has 0 bridgehead atoms. The summed E-state index contributed by atoms with van der Waals surface area (Å²) in [5.74, 6) is -0.227. The van der Waals surface area contributed by atoms with Crippen molar-refractivity contribution >= 4 is 15.9 Å². The first-order valence-electron chi connectivity index (χ1n) is 10.6. The summed E-state index contributed by atoms with van der Waals surface area (Å²) < 4.78 is 29.2. The van der Waals surface area contributed by atoms with E-state index in [-0.39, 0.29) is 10.8 Å². The summed E-state index contributed by atoms with van der Waals surface area (Å²) in [5.41, 5.74) is 2.97. The van der Waals surface area contributed by atoms with Gasteiger partial charge in [0, 0.05) is 23.8 Å². The fraction of sp³-hybridized carbons (Fsp3) is 0.333. The highest BCUT2D eigenvalue weighted by Gasteiger charge is 2.22. The molecule has 170 valence electrons. The Labute approximate surface area is 189 Å². The first kappa shape index (κ1) is 23.7. The Bertz CT molecular complexity index is 1160. The standard InChI is InChI=1S/C24H30N4O3S/c1-18-20(17-28(26-18)21-10-6-5-7-11-21)9-8-16-25-23(29)19-12-14-22(15-13-19)32(30,31)27-24(2,3)4/h5-7,10-15,17,27H,8-9,16H2,1-4H3,(H,25,29). The molecule has 8 heteroatoms. The predicted molar refractivity (Wildman–Crippen MR) is 125 cm³/mol. The van der Waals surface area contributed by atoms with Gasteiger partial charge in [0.2, 0.25) is 10.0 Å². The van der Waals surface area contributed by atoms with Crippen molar-refractivity contribution in [3.63, 3.8) is 0 Å². The number of hydrogen-bond acceptors (Lipinski definition) is 4. The number of hydrogen-bond donors (Lipinski definition) is 2. The van der Waals surface area contributed by atoms with Crippen molar-refractivity contribution in [2.45, 2.75) is 51.0 Å². The number of nitrogens with zero attached hydrogens (tertiary/aromatic N) is 2. The molecule has 1 amide bonds. The topological polar surface area (TPSA) is 93.1 Å². The highest BCUT2D eigenvalue weighted by atomic mass is 32.2. The normalized spacial score (nSPS) is 12.0. The van der Waals surface area contributed by atoms with E-state index in [0.717, 1.165) is 29.8 Å². The molecule has 1 aromatic heterocycles. The second-order valence-corrected chi connectivity index (χ2v) is 10.4. The second-order valence-electron chi connectivity index (χ2n) is 8.76. The third kappa shape index (κ3) is 6.27. The van der Waals surface area contributed by atoms with Crippen LogP contribution in [-0.2, 0) is 16.4 Å². The first-order valence-corrected chi connectivity index (χ1v) is 12.1. The van der Waals surface area contributed by atoms with E-state index in [2.05, 4.69) is 15.1 Å². The molecule has 0 aliphatic rings. The van der Waals surface area contributed by atoms with Crippen LogP contribution in [0.1, 0.15) is 48.8 Å². The molecule has 2 N–H and O–H groups in total. The van der Waals surface area contributed by atoms with Gasteiger partial charge < -0.3 is 5.32 Å². The summed E-state index contributed by atoms with van der Waals surface area (Å²) in [7, 11) is -3.62. The number of sulfonamides is 1. The van der Waals surface area contributed by atoms with E-state index in [0.29, 0.717) is 12.1 Å². The van der Waals surface area contributed by atoms with Crippen LogP contribution >= 0.6 is 0 Å². The van der Waals surface area contributed by atoms with Gasteiger partial charge in [-0.2, -0.15) is 5.10 Å². The minimum Gasteiger partial charge on any atom is -0.352 e. The van der Waals surface area contributed by atoms with Crippen LogP contribution < -0.4 is 10.0 Å². The number of carbonyl (C=O) groups excluding carboxylic acids is 1. The molecule has 1 heterocycles. The summed E-state index contributed by atoms with van der Waals surface area (Å²) in [5, 5.41) is 7.46. The number of nitrogens with one attached hydrogen (secondary N) is 2. The Morgan fingerprint density at radius 1 is 1.03 bits per heavy atom. The second kappa shape index (κ2) is 9.67. The lowest BCUT2D eigenvalue weighted by Gasteiger charge is -2.20. The van der Waals surface area contributed by atoms with E-state index >= 15 is 0 Å². The average Bonchev–Trinajstić information content (AvgIpc) is 3.10. The van der Waals surface area contributed by atoms with Crippen molar-refractivity contribution < 1.29 is 13.2 Å². The van der Waals surface area contributed by atoms with E-state index < -0.39 is 15.6 Å². The first-order chi connectivity index (χ1) is 15.0. The van der Waals surface area contributed by atoms with Crippen molar-refractivity contribution in [2.75, 3.05) is 6.54 Å². The molecule has 2 aromatic carbocycles. The Kier molecular flexibility index (Phi) is 7.16. The molecule has 0 aliphatic carbocycles. The van der Waals surface area contributed by atoms with Crippen LogP contribution in [0.25, 0.3) is 5.69 Å². The fourth-order valence-corrected chi connectivity index (χ4v) is 4.70. The van der Waals surface area contributed by atoms with Crippen LogP contribution in [0, 0.1) is 6.92 Å². The predicted octanol–water partition coefficient (Wildman–Crippen LogP) is 3.62. The molecule has 0 unspecified atom stereocenters. The maximum Gasteiger partial charge on any atom is 0.251 e. The van der Waals surface area contributed by atoms with E-state index in [1.807, 2.05) is 48.1 Å². The number of benzene rings is 2. The van der Waals surface area contributed by atoms with E-state index in [4.69, 9.17) is 0 Å². The van der Waals surface area contributed by atoms with E-state index in [1.54, 1.807) is 20.8 Å². The molecule has 32 heavy (non-hydrogen) atoms. The number of rotatable bonds is 8. The monoisotopic (exact) mass is 454 g/mol. The molecular formula is C24H30N4O3S. The summed E-state index contributed by atoms with van der Waals surface area (Å²) in [6.07, 6.45) is 3.60. The van der Waals surface area contributed by atoms with Crippen LogP contribution in [0.5, 0.6) is 0 Å². The maximum absolute atomic E-state index is 12.4. The zero-order chi connectivity index (χ0) is 23.4. The van der Waals surface area contributed by atoms with Crippen molar-refractivity contribution in [1.29, 1.82) is 0 Å². The quantitative estimate of drug-likeness (QED) is 0.509. The van der Waals surface area contributed by atoms with Gasteiger partial charge in [0.15, 0.2) is 0 Å². The SMILES string of the molecule is Cc1nn(-c2ccccc2)cc1CCCNC(=O)c1ccc(S(=O)(=O)NC(C)(C)C)cc1. The minimum atomic E-state index is -3.62. The van der Waals surface area contributed by atoms with Crippen LogP contribution in [-0.4, -0.2) is 36.2 Å². The van der Waals surface area contributed by atoms with Gasteiger partial charge in [-0.3, -0.25) is 4.79 Å². The molecule has 3 aromatic rings. The number of carbonyl (C=O) groups is 1. The third-order valence-corrected chi connectivity index (χ3v) is 6.57. The van der Waals surface area contributed by atoms with E-state index in [9.17, 15) is 13.2 Å². The highest BCUT2D eigenvalue weighted by molar-refractivity contribution is 7.89. The molecular weight excluding hydrogens is 424 g/mol. The van der Waals surface area contributed by atoms with Gasteiger partial charge in [-0.05, 0) is 82.5 Å². The lowest BCUT2D eigenvalue weighted by Crippen LogP contribution is -2.40. The largest absolute Gasteiger partial charge is 0.352 e. The zero-order valence-electron chi connectivity index (χ0n) is 18.9. The van der Waals surface area contributed by atoms with Gasteiger partial charge >= 0.3 is 0 Å². The molecule has 0 atom stereocenters. The lowest BCUT2D eigenvalue weighted by atomic mass is 10.1. The minimum absolute atomic E-state index is 0.134. The molecule has 7 nitrogen and oxygen atoms in total. The third-order valence-electron chi connectivity index (χ3n) is 4.80. The Morgan fingerprint density at radius 3 is 2.31 bits per heavy atom. The lowest BCUT2D eigenvalue weighted by molar-refractivity contribution is 0.0953. The van der Waals surface area contributed by atoms with Crippen LogP contribution in [0.2, 0.25) is 0 Å². The van der Waals surface area contributed by atoms with Crippen molar-refractivity contribution in [3.05, 3.63) is 77.6 Å². The molecule has 0 saturated carbocycles. The zero-order valence-corrected chi connectivity index (χ0v) is 19.7. The van der Waals surface area contributed by atoms with Gasteiger partial charge in [-0.15, -0.1) is 0 Å². The van der Waals surface area contributed by atoms with Crippen LogP contribution in [0.3, 0.4) is 0 Å². The molecule has 3 rings (SSSR count). The average molecular weight is 455 g/mol. The van der Waals surface area contributed by atoms with Gasteiger partial charge in [0.05, 0.1) is 16.3 Å². The Morgan fingerprint density at radius 2 is 1.69 bits per heavy atom. The number of amides is 1. The number of aromatic nitrogens is 2. The molecule has 0 radical (unpaired) electrons. The summed E-state index contributed by atoms with van der Waals surface area (Å²) >= 11 is 0. The Balaban J connectivity index is 1.52. The number of aryl methyl sites for hydroxylation is 2. The van der Waals surface area contributed by atoms with Gasteiger partial charge in [0.25, 0.3) is 5.91 Å². The molecule has 0 saturated heterocycles. The van der Waals surface area contributed by atoms with Crippen molar-refractivity contribution in [3.8, 4) is 5.69 Å². The number of para-hydroxylation sites is 1. The molecule has 0 aliphatic heterocycles. The van der Waals surface area contributed by atoms with E-state index in [1.165, 1.54) is 24.3 Å². The fourth-order valence-electron chi connectivity index (χ4n) is 3.28. The van der Waals surface area contributed by atoms with Crippen LogP contribution in [0.15, 0.2) is 65.7 Å². The summed E-state index contributed by atoms with van der Waals surface area (Å²) in [6.45, 7) is 7.83.